The highest BCUT2D eigenvalue weighted by atomic mass is 16.1. The van der Waals surface area contributed by atoms with E-state index >= 15 is 0 Å². The maximum atomic E-state index is 12.2. The average Bonchev–Trinajstić information content (AvgIpc) is 2.31. The molecule has 3 nitrogen and oxygen atoms in total. The van der Waals surface area contributed by atoms with Gasteiger partial charge in [0.1, 0.15) is 0 Å². The lowest BCUT2D eigenvalue weighted by Gasteiger charge is -2.12. The minimum Gasteiger partial charge on any atom is -0.311 e. The monoisotopic (exact) mass is 240 g/mol. The molecule has 0 aliphatic heterocycles. The van der Waals surface area contributed by atoms with Crippen molar-refractivity contribution in [3.63, 3.8) is 0 Å². The molecule has 0 N–H and O–H groups in total. The minimum absolute atomic E-state index is 0.0801. The van der Waals surface area contributed by atoms with Crippen molar-refractivity contribution >= 4 is 10.9 Å². The third kappa shape index (κ3) is 1.80. The highest BCUT2D eigenvalue weighted by Gasteiger charge is 2.13. The third-order valence-electron chi connectivity index (χ3n) is 3.33. The summed E-state index contributed by atoms with van der Waals surface area (Å²) in [5.74, 6) is -0.381. The molecule has 1 heterocycles. The third-order valence-corrected chi connectivity index (χ3v) is 3.33. The number of benzene rings is 1. The molecule has 0 saturated carbocycles. The highest BCUT2D eigenvalue weighted by Crippen LogP contribution is 2.22. The van der Waals surface area contributed by atoms with Crippen molar-refractivity contribution < 1.29 is 0 Å². The second kappa shape index (κ2) is 4.30. The lowest BCUT2D eigenvalue weighted by atomic mass is 9.99. The largest absolute Gasteiger partial charge is 0.311 e. The Labute approximate surface area is 106 Å². The van der Waals surface area contributed by atoms with Gasteiger partial charge in [0.15, 0.2) is 0 Å². The van der Waals surface area contributed by atoms with Crippen molar-refractivity contribution in [2.45, 2.75) is 26.7 Å². The predicted octanol–water partition coefficient (Wildman–Crippen LogP) is 2.78. The van der Waals surface area contributed by atoms with Gasteiger partial charge in [0.25, 0.3) is 5.56 Å². The van der Waals surface area contributed by atoms with E-state index in [0.717, 1.165) is 22.0 Å². The molecule has 0 spiro atoms. The summed E-state index contributed by atoms with van der Waals surface area (Å²) in [5.41, 5.74) is 3.68. The van der Waals surface area contributed by atoms with Crippen LogP contribution in [0.5, 0.6) is 0 Å². The summed E-state index contributed by atoms with van der Waals surface area (Å²) >= 11 is 0. The van der Waals surface area contributed by atoms with E-state index in [0.29, 0.717) is 5.56 Å². The smallest absolute Gasteiger partial charge is 0.255 e. The van der Waals surface area contributed by atoms with Crippen LogP contribution in [0.25, 0.3) is 10.9 Å². The Morgan fingerprint density at radius 3 is 2.56 bits per heavy atom. The molecule has 1 aromatic heterocycles. The van der Waals surface area contributed by atoms with E-state index in [4.69, 9.17) is 5.26 Å². The second-order valence-corrected chi connectivity index (χ2v) is 4.83. The molecule has 18 heavy (non-hydrogen) atoms. The van der Waals surface area contributed by atoms with Gasteiger partial charge in [0, 0.05) is 12.6 Å². The standard InChI is InChI=1S/C15H16N2O/c1-9-5-10(2)14-12(6-9)7-13(11(3)8-16)15(18)17(14)4/h5-7,11H,1-4H3. The van der Waals surface area contributed by atoms with E-state index in [-0.39, 0.29) is 11.5 Å². The van der Waals surface area contributed by atoms with Crippen LogP contribution in [0.15, 0.2) is 23.0 Å². The predicted molar refractivity (Wildman–Crippen MR) is 72.7 cm³/mol. The maximum Gasteiger partial charge on any atom is 0.255 e. The van der Waals surface area contributed by atoms with Crippen LogP contribution in [-0.4, -0.2) is 4.57 Å². The first-order valence-corrected chi connectivity index (χ1v) is 5.96. The summed E-state index contributed by atoms with van der Waals surface area (Å²) in [6.45, 7) is 5.79. The zero-order valence-corrected chi connectivity index (χ0v) is 11.1. The van der Waals surface area contributed by atoms with Gasteiger partial charge in [-0.1, -0.05) is 11.6 Å². The van der Waals surface area contributed by atoms with E-state index in [1.54, 1.807) is 18.5 Å². The Morgan fingerprint density at radius 1 is 1.28 bits per heavy atom. The molecule has 92 valence electrons. The molecule has 0 fully saturated rings. The fourth-order valence-electron chi connectivity index (χ4n) is 2.47. The van der Waals surface area contributed by atoms with Crippen molar-refractivity contribution in [2.24, 2.45) is 7.05 Å². The summed E-state index contributed by atoms with van der Waals surface area (Å²) in [6.07, 6.45) is 0. The Kier molecular flexibility index (Phi) is 2.96. The van der Waals surface area contributed by atoms with E-state index in [9.17, 15) is 4.79 Å². The molecule has 0 radical (unpaired) electrons. The number of rotatable bonds is 1. The van der Waals surface area contributed by atoms with Crippen LogP contribution in [0.4, 0.5) is 0 Å². The number of nitrogens with zero attached hydrogens (tertiary/aromatic N) is 2. The molecule has 0 saturated heterocycles. The van der Waals surface area contributed by atoms with E-state index in [1.807, 2.05) is 19.9 Å². The molecular weight excluding hydrogens is 224 g/mol. The molecule has 0 amide bonds. The minimum atomic E-state index is -0.381. The van der Waals surface area contributed by atoms with E-state index in [1.165, 1.54) is 0 Å². The van der Waals surface area contributed by atoms with Crippen molar-refractivity contribution in [1.29, 1.82) is 5.26 Å². The van der Waals surface area contributed by atoms with Gasteiger partial charge in [0.05, 0.1) is 17.5 Å². The van der Waals surface area contributed by atoms with Gasteiger partial charge in [-0.2, -0.15) is 5.26 Å². The van der Waals surface area contributed by atoms with Crippen molar-refractivity contribution in [3.8, 4) is 6.07 Å². The number of nitriles is 1. The molecule has 0 aliphatic carbocycles. The van der Waals surface area contributed by atoms with Gasteiger partial charge in [-0.15, -0.1) is 0 Å². The van der Waals surface area contributed by atoms with Crippen LogP contribution < -0.4 is 5.56 Å². The van der Waals surface area contributed by atoms with Gasteiger partial charge in [0.2, 0.25) is 0 Å². The van der Waals surface area contributed by atoms with Crippen LogP contribution in [0, 0.1) is 25.2 Å². The fourth-order valence-corrected chi connectivity index (χ4v) is 2.47. The summed E-state index contributed by atoms with van der Waals surface area (Å²) in [5, 5.41) is 10.0. The molecule has 0 bridgehead atoms. The lowest BCUT2D eigenvalue weighted by Crippen LogP contribution is -2.23. The first-order valence-electron chi connectivity index (χ1n) is 5.96. The molecule has 3 heteroatoms. The van der Waals surface area contributed by atoms with Gasteiger partial charge in [-0.3, -0.25) is 4.79 Å². The summed E-state index contributed by atoms with van der Waals surface area (Å²) in [6, 6.07) is 8.10. The molecule has 1 atom stereocenters. The van der Waals surface area contributed by atoms with Gasteiger partial charge >= 0.3 is 0 Å². The van der Waals surface area contributed by atoms with Crippen LogP contribution in [0.3, 0.4) is 0 Å². The van der Waals surface area contributed by atoms with E-state index in [2.05, 4.69) is 18.2 Å². The maximum absolute atomic E-state index is 12.2. The topological polar surface area (TPSA) is 45.8 Å². The molecule has 2 rings (SSSR count). The Balaban J connectivity index is 2.93. The number of hydrogen-bond donors (Lipinski definition) is 0. The molecule has 1 aromatic carbocycles. The van der Waals surface area contributed by atoms with Crippen LogP contribution >= 0.6 is 0 Å². The zero-order chi connectivity index (χ0) is 13.4. The van der Waals surface area contributed by atoms with Crippen molar-refractivity contribution in [1.82, 2.24) is 4.57 Å². The molecule has 0 aliphatic rings. The Hall–Kier alpha value is -2.08. The fraction of sp³-hybridized carbons (Fsp3) is 0.333. The summed E-state index contributed by atoms with van der Waals surface area (Å²) in [7, 11) is 1.76. The zero-order valence-electron chi connectivity index (χ0n) is 11.1. The first-order chi connectivity index (χ1) is 8.45. The number of aryl methyl sites for hydroxylation is 3. The van der Waals surface area contributed by atoms with Crippen LogP contribution in [0.1, 0.15) is 29.5 Å². The Bertz CT molecular complexity index is 720. The number of fused-ring (bicyclic) bond motifs is 1. The summed E-state index contributed by atoms with van der Waals surface area (Å²) < 4.78 is 1.65. The molecular formula is C15H16N2O. The number of aromatic nitrogens is 1. The number of pyridine rings is 1. The normalized spacial score (nSPS) is 12.4. The molecule has 1 unspecified atom stereocenters. The quantitative estimate of drug-likeness (QED) is 0.769. The van der Waals surface area contributed by atoms with Gasteiger partial charge < -0.3 is 4.57 Å². The first kappa shape index (κ1) is 12.4. The van der Waals surface area contributed by atoms with Gasteiger partial charge in [-0.25, -0.2) is 0 Å². The SMILES string of the molecule is Cc1cc(C)c2c(c1)cc(C(C)C#N)c(=O)n2C. The number of hydrogen-bond acceptors (Lipinski definition) is 2. The van der Waals surface area contributed by atoms with Gasteiger partial charge in [-0.05, 0) is 43.9 Å². The average molecular weight is 240 g/mol. The van der Waals surface area contributed by atoms with Crippen molar-refractivity contribution in [3.05, 3.63) is 45.2 Å². The highest BCUT2D eigenvalue weighted by molar-refractivity contribution is 5.83. The Morgan fingerprint density at radius 2 is 1.94 bits per heavy atom. The second-order valence-electron chi connectivity index (χ2n) is 4.83. The lowest BCUT2D eigenvalue weighted by molar-refractivity contribution is 0.847. The van der Waals surface area contributed by atoms with Crippen LogP contribution in [-0.2, 0) is 7.05 Å². The molecule has 2 aromatic rings. The van der Waals surface area contributed by atoms with Crippen molar-refractivity contribution in [2.75, 3.05) is 0 Å². The summed E-state index contributed by atoms with van der Waals surface area (Å²) in [4.78, 5) is 12.2. The van der Waals surface area contributed by atoms with E-state index < -0.39 is 0 Å². The van der Waals surface area contributed by atoms with Crippen LogP contribution in [0.2, 0.25) is 0 Å².